The van der Waals surface area contributed by atoms with Crippen molar-refractivity contribution in [2.75, 3.05) is 31.1 Å². The van der Waals surface area contributed by atoms with Gasteiger partial charge in [-0.05, 0) is 48.9 Å². The molecule has 0 bridgehead atoms. The van der Waals surface area contributed by atoms with Gasteiger partial charge in [0.2, 0.25) is 0 Å². The molecule has 4 rings (SSSR count). The number of aliphatic hydroxyl groups excluding tert-OH is 1. The number of β-amino-alcohol motifs (C(OH)–C–C–N with tert-alkyl or cyclic N) is 1. The molecule has 7 nitrogen and oxygen atoms in total. The van der Waals surface area contributed by atoms with E-state index in [-0.39, 0.29) is 11.3 Å². The molecule has 2 aliphatic heterocycles. The van der Waals surface area contributed by atoms with Crippen LogP contribution in [0.15, 0.2) is 42.9 Å². The Morgan fingerprint density at radius 1 is 1.29 bits per heavy atom. The first-order valence-corrected chi connectivity index (χ1v) is 9.57. The average Bonchev–Trinajstić information content (AvgIpc) is 2.74. The largest absolute Gasteiger partial charge is 0.391 e. The van der Waals surface area contributed by atoms with Gasteiger partial charge in [-0.1, -0.05) is 0 Å². The number of carbonyl (C=O) groups is 1. The van der Waals surface area contributed by atoms with Crippen LogP contribution in [-0.2, 0) is 0 Å². The van der Waals surface area contributed by atoms with Crippen LogP contribution in [-0.4, -0.2) is 58.2 Å². The number of amides is 1. The van der Waals surface area contributed by atoms with E-state index in [1.807, 2.05) is 6.07 Å². The van der Waals surface area contributed by atoms with Gasteiger partial charge in [-0.2, -0.15) is 5.26 Å². The van der Waals surface area contributed by atoms with Crippen LogP contribution in [0.1, 0.15) is 35.2 Å². The molecule has 28 heavy (non-hydrogen) atoms. The second kappa shape index (κ2) is 7.56. The molecule has 144 valence electrons. The van der Waals surface area contributed by atoms with Gasteiger partial charge in [-0.25, -0.2) is 4.98 Å². The van der Waals surface area contributed by atoms with Crippen LogP contribution in [0.3, 0.4) is 0 Å². The van der Waals surface area contributed by atoms with Gasteiger partial charge in [-0.15, -0.1) is 0 Å². The van der Waals surface area contributed by atoms with Crippen LogP contribution in [0.2, 0.25) is 0 Å². The average molecular weight is 377 g/mol. The van der Waals surface area contributed by atoms with E-state index in [1.165, 1.54) is 0 Å². The summed E-state index contributed by atoms with van der Waals surface area (Å²) >= 11 is 0. The summed E-state index contributed by atoms with van der Waals surface area (Å²) in [6.45, 7) is 2.61. The quantitative estimate of drug-likeness (QED) is 0.858. The Balaban J connectivity index is 1.46. The van der Waals surface area contributed by atoms with Gasteiger partial charge in [-0.3, -0.25) is 9.78 Å². The van der Waals surface area contributed by atoms with Crippen LogP contribution in [0.25, 0.3) is 0 Å². The smallest absolute Gasteiger partial charge is 0.255 e. The maximum absolute atomic E-state index is 12.9. The molecule has 0 aromatic carbocycles. The third kappa shape index (κ3) is 3.69. The van der Waals surface area contributed by atoms with E-state index in [0.717, 1.165) is 31.7 Å². The number of carbonyl (C=O) groups excluding carboxylic acids is 1. The van der Waals surface area contributed by atoms with E-state index in [2.05, 4.69) is 20.9 Å². The monoisotopic (exact) mass is 377 g/mol. The van der Waals surface area contributed by atoms with E-state index in [9.17, 15) is 9.90 Å². The normalized spacial score (nSPS) is 21.4. The topological polar surface area (TPSA) is 93.4 Å². The summed E-state index contributed by atoms with van der Waals surface area (Å²) in [5.74, 6) is 0.741. The molecule has 2 saturated heterocycles. The first-order chi connectivity index (χ1) is 13.6. The van der Waals surface area contributed by atoms with Crippen molar-refractivity contribution in [1.82, 2.24) is 14.9 Å². The standard InChI is InChI=1S/C21H23N5O2/c22-12-16-3-7-24-19(10-16)25-8-4-21(5-9-25)11-18(27)14-26(15-21)20(28)17-2-1-6-23-13-17/h1-3,6-7,10,13,18,27H,4-5,8-9,11,14-15H2. The number of hydrogen-bond donors (Lipinski definition) is 1. The molecule has 0 aliphatic carbocycles. The second-order valence-electron chi connectivity index (χ2n) is 7.79. The zero-order valence-corrected chi connectivity index (χ0v) is 15.7. The molecule has 1 unspecified atom stereocenters. The summed E-state index contributed by atoms with van der Waals surface area (Å²) in [5, 5.41) is 19.6. The third-order valence-electron chi connectivity index (χ3n) is 5.84. The minimum atomic E-state index is -0.513. The van der Waals surface area contributed by atoms with Crippen LogP contribution in [0.4, 0.5) is 5.82 Å². The molecule has 1 amide bonds. The lowest BCUT2D eigenvalue weighted by atomic mass is 9.71. The van der Waals surface area contributed by atoms with Crippen molar-refractivity contribution in [3.8, 4) is 6.07 Å². The Labute approximate surface area is 164 Å². The van der Waals surface area contributed by atoms with E-state index < -0.39 is 6.10 Å². The lowest BCUT2D eigenvalue weighted by Gasteiger charge is -2.49. The SMILES string of the molecule is N#Cc1ccnc(N2CCC3(CC2)CC(O)CN(C(=O)c2cccnc2)C3)c1. The zero-order valence-electron chi connectivity index (χ0n) is 15.7. The van der Waals surface area contributed by atoms with Gasteiger partial charge in [0.25, 0.3) is 5.91 Å². The first-order valence-electron chi connectivity index (χ1n) is 9.57. The summed E-state index contributed by atoms with van der Waals surface area (Å²) < 4.78 is 0. The molecule has 7 heteroatoms. The third-order valence-corrected chi connectivity index (χ3v) is 5.84. The molecular formula is C21H23N5O2. The Morgan fingerprint density at radius 3 is 2.82 bits per heavy atom. The molecular weight excluding hydrogens is 354 g/mol. The Bertz CT molecular complexity index is 887. The minimum absolute atomic E-state index is 0.0722. The fourth-order valence-electron chi connectivity index (χ4n) is 4.41. The van der Waals surface area contributed by atoms with Crippen molar-refractivity contribution >= 4 is 11.7 Å². The number of nitriles is 1. The first kappa shape index (κ1) is 18.4. The summed E-state index contributed by atoms with van der Waals surface area (Å²) in [6, 6.07) is 9.19. The molecule has 0 saturated carbocycles. The molecule has 1 N–H and O–H groups in total. The lowest BCUT2D eigenvalue weighted by Crippen LogP contribution is -2.55. The minimum Gasteiger partial charge on any atom is -0.391 e. The van der Waals surface area contributed by atoms with E-state index in [4.69, 9.17) is 5.26 Å². The van der Waals surface area contributed by atoms with Gasteiger partial charge in [0.1, 0.15) is 5.82 Å². The Morgan fingerprint density at radius 2 is 2.11 bits per heavy atom. The van der Waals surface area contributed by atoms with Gasteiger partial charge in [0.15, 0.2) is 0 Å². The van der Waals surface area contributed by atoms with Crippen LogP contribution < -0.4 is 4.90 Å². The van der Waals surface area contributed by atoms with Crippen molar-refractivity contribution in [1.29, 1.82) is 5.26 Å². The Kier molecular flexibility index (Phi) is 4.97. The number of piperidine rings is 2. The maximum Gasteiger partial charge on any atom is 0.255 e. The number of nitrogens with zero attached hydrogens (tertiary/aromatic N) is 5. The van der Waals surface area contributed by atoms with E-state index in [1.54, 1.807) is 41.7 Å². The summed E-state index contributed by atoms with van der Waals surface area (Å²) in [7, 11) is 0. The highest BCUT2D eigenvalue weighted by Crippen LogP contribution is 2.41. The van der Waals surface area contributed by atoms with Gasteiger partial charge >= 0.3 is 0 Å². The number of pyridine rings is 2. The molecule has 1 atom stereocenters. The van der Waals surface area contributed by atoms with Crippen LogP contribution in [0, 0.1) is 16.7 Å². The van der Waals surface area contributed by atoms with Gasteiger partial charge < -0.3 is 14.9 Å². The highest BCUT2D eigenvalue weighted by molar-refractivity contribution is 5.94. The summed E-state index contributed by atoms with van der Waals surface area (Å²) in [4.78, 5) is 25.2. The second-order valence-corrected chi connectivity index (χ2v) is 7.79. The highest BCUT2D eigenvalue weighted by atomic mass is 16.3. The predicted octanol–water partition coefficient (Wildman–Crippen LogP) is 1.84. The summed E-state index contributed by atoms with van der Waals surface area (Å²) in [6.07, 6.45) is 6.83. The van der Waals surface area contributed by atoms with Crippen molar-refractivity contribution in [2.24, 2.45) is 5.41 Å². The van der Waals surface area contributed by atoms with Crippen LogP contribution >= 0.6 is 0 Å². The molecule has 2 aromatic rings. The maximum atomic E-state index is 12.9. The van der Waals surface area contributed by atoms with E-state index >= 15 is 0 Å². The molecule has 2 aromatic heterocycles. The van der Waals surface area contributed by atoms with Crippen molar-refractivity contribution in [3.05, 3.63) is 54.0 Å². The number of aliphatic hydroxyl groups is 1. The summed E-state index contributed by atoms with van der Waals surface area (Å²) in [5.41, 5.74) is 1.08. The van der Waals surface area contributed by atoms with Crippen molar-refractivity contribution < 1.29 is 9.90 Å². The number of rotatable bonds is 2. The van der Waals surface area contributed by atoms with Crippen molar-refractivity contribution in [2.45, 2.75) is 25.4 Å². The number of aromatic nitrogens is 2. The Hall–Kier alpha value is -2.98. The predicted molar refractivity (Wildman–Crippen MR) is 104 cm³/mol. The fraction of sp³-hybridized carbons (Fsp3) is 0.429. The van der Waals surface area contributed by atoms with Gasteiger partial charge in [0.05, 0.1) is 23.3 Å². The lowest BCUT2D eigenvalue weighted by molar-refractivity contribution is -0.0150. The molecule has 2 fully saturated rings. The molecule has 1 spiro atoms. The number of likely N-dealkylation sites (tertiary alicyclic amines) is 1. The fourth-order valence-corrected chi connectivity index (χ4v) is 4.41. The van der Waals surface area contributed by atoms with E-state index in [0.29, 0.717) is 30.6 Å². The van der Waals surface area contributed by atoms with Gasteiger partial charge in [0, 0.05) is 44.8 Å². The van der Waals surface area contributed by atoms with Crippen LogP contribution in [0.5, 0.6) is 0 Å². The molecule has 2 aliphatic rings. The molecule has 4 heterocycles. The number of hydrogen-bond acceptors (Lipinski definition) is 6. The zero-order chi connectivity index (χ0) is 19.6. The number of anilines is 1. The highest BCUT2D eigenvalue weighted by Gasteiger charge is 2.43. The molecule has 0 radical (unpaired) electrons. The van der Waals surface area contributed by atoms with Crippen molar-refractivity contribution in [3.63, 3.8) is 0 Å².